The first kappa shape index (κ1) is 13.9. The number of fused-ring (bicyclic) bond motifs is 1. The fourth-order valence-corrected chi connectivity index (χ4v) is 3.10. The van der Waals surface area contributed by atoms with Crippen LogP contribution in [0.4, 0.5) is 0 Å². The van der Waals surface area contributed by atoms with E-state index in [1.165, 1.54) is 5.39 Å². The van der Waals surface area contributed by atoms with Crippen molar-refractivity contribution in [1.82, 2.24) is 10.2 Å². The first-order valence-corrected chi connectivity index (χ1v) is 7.86. The van der Waals surface area contributed by atoms with E-state index in [-0.39, 0.29) is 0 Å². The molecule has 1 aliphatic rings. The van der Waals surface area contributed by atoms with Crippen molar-refractivity contribution in [1.29, 1.82) is 0 Å². The number of nitrogens with zero attached hydrogens (tertiary/aromatic N) is 1. The molecule has 0 saturated carbocycles. The molecule has 3 rings (SSSR count). The summed E-state index contributed by atoms with van der Waals surface area (Å²) in [5, 5.41) is 15.8. The van der Waals surface area contributed by atoms with Gasteiger partial charge in [-0.25, -0.2) is 0 Å². The molecule has 106 valence electrons. The lowest BCUT2D eigenvalue weighted by Crippen LogP contribution is -2.44. The van der Waals surface area contributed by atoms with Crippen molar-refractivity contribution in [2.24, 2.45) is 0 Å². The van der Waals surface area contributed by atoms with Gasteiger partial charge in [-0.15, -0.1) is 0 Å². The number of piperazine rings is 1. The molecule has 2 N–H and O–H groups in total. The molecule has 4 heteroatoms. The second kappa shape index (κ2) is 6.12. The van der Waals surface area contributed by atoms with Crippen LogP contribution in [-0.4, -0.2) is 42.7 Å². The molecular formula is C16H19BrN2O. The maximum Gasteiger partial charge on any atom is 0.119 e. The third-order valence-electron chi connectivity index (χ3n) is 3.91. The zero-order valence-corrected chi connectivity index (χ0v) is 13.0. The minimum atomic E-state index is 0.412. The Labute approximate surface area is 127 Å². The minimum absolute atomic E-state index is 0.412. The van der Waals surface area contributed by atoms with Gasteiger partial charge in [0.2, 0.25) is 0 Å². The number of aromatic hydroxyl groups is 1. The SMILES string of the molecule is Oc1cc2ccc(Br)cc2cc1CCN1CCNCC1. The molecule has 0 radical (unpaired) electrons. The number of phenolic OH excluding ortho intramolecular Hbond substituents is 1. The molecule has 1 aliphatic heterocycles. The van der Waals surface area contributed by atoms with Crippen LogP contribution >= 0.6 is 15.9 Å². The summed E-state index contributed by atoms with van der Waals surface area (Å²) in [5.41, 5.74) is 1.04. The van der Waals surface area contributed by atoms with Crippen molar-refractivity contribution < 1.29 is 5.11 Å². The second-order valence-electron chi connectivity index (χ2n) is 5.31. The molecule has 1 heterocycles. The van der Waals surface area contributed by atoms with Gasteiger partial charge < -0.3 is 15.3 Å². The van der Waals surface area contributed by atoms with E-state index < -0.39 is 0 Å². The lowest BCUT2D eigenvalue weighted by atomic mass is 10.0. The molecule has 2 aromatic carbocycles. The molecule has 0 atom stereocenters. The topological polar surface area (TPSA) is 35.5 Å². The molecular weight excluding hydrogens is 316 g/mol. The van der Waals surface area contributed by atoms with Crippen molar-refractivity contribution in [3.8, 4) is 5.75 Å². The van der Waals surface area contributed by atoms with Crippen LogP contribution in [0.15, 0.2) is 34.8 Å². The fourth-order valence-electron chi connectivity index (χ4n) is 2.72. The summed E-state index contributed by atoms with van der Waals surface area (Å²) in [4.78, 5) is 2.45. The zero-order valence-electron chi connectivity index (χ0n) is 11.4. The van der Waals surface area contributed by atoms with Gasteiger partial charge in [0, 0.05) is 37.2 Å². The Morgan fingerprint density at radius 2 is 1.90 bits per heavy atom. The number of halogens is 1. The Hall–Kier alpha value is -1.10. The van der Waals surface area contributed by atoms with Crippen molar-refractivity contribution in [3.63, 3.8) is 0 Å². The Morgan fingerprint density at radius 1 is 1.10 bits per heavy atom. The summed E-state index contributed by atoms with van der Waals surface area (Å²) in [5.74, 6) is 0.412. The Kier molecular flexibility index (Phi) is 4.24. The highest BCUT2D eigenvalue weighted by Crippen LogP contribution is 2.27. The normalized spacial score (nSPS) is 16.6. The van der Waals surface area contributed by atoms with Crippen LogP contribution in [0.1, 0.15) is 5.56 Å². The van der Waals surface area contributed by atoms with Gasteiger partial charge in [-0.1, -0.05) is 22.0 Å². The molecule has 20 heavy (non-hydrogen) atoms. The molecule has 0 spiro atoms. The zero-order chi connectivity index (χ0) is 13.9. The average Bonchev–Trinajstić information content (AvgIpc) is 2.46. The third kappa shape index (κ3) is 3.14. The van der Waals surface area contributed by atoms with Gasteiger partial charge >= 0.3 is 0 Å². The number of rotatable bonds is 3. The van der Waals surface area contributed by atoms with Crippen LogP contribution in [0.2, 0.25) is 0 Å². The van der Waals surface area contributed by atoms with Crippen LogP contribution in [0.3, 0.4) is 0 Å². The van der Waals surface area contributed by atoms with E-state index in [4.69, 9.17) is 0 Å². The van der Waals surface area contributed by atoms with Crippen LogP contribution in [0.25, 0.3) is 10.8 Å². The highest BCUT2D eigenvalue weighted by molar-refractivity contribution is 9.10. The minimum Gasteiger partial charge on any atom is -0.508 e. The highest BCUT2D eigenvalue weighted by atomic mass is 79.9. The predicted octanol–water partition coefficient (Wildman–Crippen LogP) is 2.76. The van der Waals surface area contributed by atoms with E-state index >= 15 is 0 Å². The Balaban J connectivity index is 1.77. The van der Waals surface area contributed by atoms with E-state index in [0.29, 0.717) is 5.75 Å². The van der Waals surface area contributed by atoms with Crippen molar-refractivity contribution in [2.45, 2.75) is 6.42 Å². The van der Waals surface area contributed by atoms with Gasteiger partial charge in [0.25, 0.3) is 0 Å². The molecule has 0 amide bonds. The van der Waals surface area contributed by atoms with E-state index in [2.05, 4.69) is 38.3 Å². The average molecular weight is 335 g/mol. The summed E-state index contributed by atoms with van der Waals surface area (Å²) in [6, 6.07) is 10.1. The van der Waals surface area contributed by atoms with Gasteiger partial charge in [-0.05, 0) is 47.0 Å². The number of nitrogens with one attached hydrogen (secondary N) is 1. The molecule has 1 fully saturated rings. The highest BCUT2D eigenvalue weighted by Gasteiger charge is 2.11. The van der Waals surface area contributed by atoms with Crippen LogP contribution in [-0.2, 0) is 6.42 Å². The molecule has 2 aromatic rings. The second-order valence-corrected chi connectivity index (χ2v) is 6.23. The first-order valence-electron chi connectivity index (χ1n) is 7.06. The first-order chi connectivity index (χ1) is 9.72. The standard InChI is InChI=1S/C16H19BrN2O/c17-15-2-1-12-11-16(20)13(9-14(12)10-15)3-6-19-7-4-18-5-8-19/h1-2,9-11,18,20H,3-8H2. The van der Waals surface area contributed by atoms with Gasteiger partial charge in [-0.2, -0.15) is 0 Å². The third-order valence-corrected chi connectivity index (χ3v) is 4.40. The van der Waals surface area contributed by atoms with Gasteiger partial charge in [0.1, 0.15) is 5.75 Å². The maximum absolute atomic E-state index is 10.2. The van der Waals surface area contributed by atoms with Crippen molar-refractivity contribution in [3.05, 3.63) is 40.4 Å². The Morgan fingerprint density at radius 3 is 2.70 bits per heavy atom. The largest absolute Gasteiger partial charge is 0.508 e. The van der Waals surface area contributed by atoms with Gasteiger partial charge in [-0.3, -0.25) is 0 Å². The summed E-state index contributed by atoms with van der Waals surface area (Å²) in [7, 11) is 0. The monoisotopic (exact) mass is 334 g/mol. The summed E-state index contributed by atoms with van der Waals surface area (Å²) in [6.07, 6.45) is 0.897. The lowest BCUT2D eigenvalue weighted by molar-refractivity contribution is 0.243. The van der Waals surface area contributed by atoms with E-state index in [1.54, 1.807) is 0 Å². The predicted molar refractivity (Wildman–Crippen MR) is 86.3 cm³/mol. The van der Waals surface area contributed by atoms with Crippen LogP contribution in [0, 0.1) is 0 Å². The molecule has 0 unspecified atom stereocenters. The van der Waals surface area contributed by atoms with Gasteiger partial charge in [0.15, 0.2) is 0 Å². The summed E-state index contributed by atoms with van der Waals surface area (Å²) >= 11 is 3.50. The smallest absolute Gasteiger partial charge is 0.119 e. The Bertz CT molecular complexity index is 609. The van der Waals surface area contributed by atoms with Crippen molar-refractivity contribution in [2.75, 3.05) is 32.7 Å². The van der Waals surface area contributed by atoms with Gasteiger partial charge in [0.05, 0.1) is 0 Å². The molecule has 1 saturated heterocycles. The lowest BCUT2D eigenvalue weighted by Gasteiger charge is -2.27. The van der Waals surface area contributed by atoms with Crippen molar-refractivity contribution >= 4 is 26.7 Å². The molecule has 0 aromatic heterocycles. The summed E-state index contributed by atoms with van der Waals surface area (Å²) < 4.78 is 1.07. The molecule has 3 nitrogen and oxygen atoms in total. The summed E-state index contributed by atoms with van der Waals surface area (Å²) in [6.45, 7) is 5.34. The molecule has 0 aliphatic carbocycles. The van der Waals surface area contributed by atoms with Crippen LogP contribution in [0.5, 0.6) is 5.75 Å². The van der Waals surface area contributed by atoms with E-state index in [9.17, 15) is 5.11 Å². The number of phenols is 1. The molecule has 0 bridgehead atoms. The van der Waals surface area contributed by atoms with E-state index in [0.717, 1.165) is 54.6 Å². The number of hydrogen-bond donors (Lipinski definition) is 2. The number of hydrogen-bond acceptors (Lipinski definition) is 3. The number of benzene rings is 2. The quantitative estimate of drug-likeness (QED) is 0.905. The maximum atomic E-state index is 10.2. The van der Waals surface area contributed by atoms with E-state index in [1.807, 2.05) is 18.2 Å². The fraction of sp³-hybridized carbons (Fsp3) is 0.375. The van der Waals surface area contributed by atoms with Crippen LogP contribution < -0.4 is 5.32 Å².